The number of rotatable bonds is 5. The molecule has 0 heteroatoms. The van der Waals surface area contributed by atoms with Crippen molar-refractivity contribution in [3.05, 3.63) is 0 Å². The Morgan fingerprint density at radius 2 is 1.19 bits per heavy atom. The van der Waals surface area contributed by atoms with Gasteiger partial charge >= 0.3 is 0 Å². The van der Waals surface area contributed by atoms with Crippen molar-refractivity contribution in [3.63, 3.8) is 0 Å². The Bertz CT molecular complexity index is 465. The van der Waals surface area contributed by atoms with Crippen molar-refractivity contribution in [2.75, 3.05) is 0 Å². The van der Waals surface area contributed by atoms with E-state index in [4.69, 9.17) is 6.42 Å². The lowest BCUT2D eigenvalue weighted by molar-refractivity contribution is 0.0723. The Labute approximate surface area is 240 Å². The van der Waals surface area contributed by atoms with Crippen LogP contribution in [0.15, 0.2) is 0 Å². The summed E-state index contributed by atoms with van der Waals surface area (Å²) in [4.78, 5) is 0. The van der Waals surface area contributed by atoms with Crippen LogP contribution in [-0.2, 0) is 0 Å². The van der Waals surface area contributed by atoms with E-state index in [0.29, 0.717) is 11.3 Å². The van der Waals surface area contributed by atoms with Crippen molar-refractivity contribution < 1.29 is 0 Å². The molecule has 226 valence electrons. The second-order valence-corrected chi connectivity index (χ2v) is 12.3. The van der Waals surface area contributed by atoms with Crippen LogP contribution < -0.4 is 0 Å². The van der Waals surface area contributed by atoms with Crippen molar-refractivity contribution in [1.29, 1.82) is 0 Å². The molecule has 5 atom stereocenters. The summed E-state index contributed by atoms with van der Waals surface area (Å²) in [5.41, 5.74) is 0.444. The van der Waals surface area contributed by atoms with Gasteiger partial charge in [-0.05, 0) is 91.8 Å². The Kier molecular flexibility index (Phi) is 32.0. The predicted molar refractivity (Wildman–Crippen MR) is 177 cm³/mol. The second kappa shape index (κ2) is 27.1. The summed E-state index contributed by atoms with van der Waals surface area (Å²) < 4.78 is 0. The van der Waals surface area contributed by atoms with E-state index in [9.17, 15) is 0 Å². The summed E-state index contributed by atoms with van der Waals surface area (Å²) in [5.74, 6) is 9.77. The monoisotopic (exact) mass is 523 g/mol. The van der Waals surface area contributed by atoms with Crippen molar-refractivity contribution >= 4 is 0 Å². The molecule has 2 aliphatic rings. The van der Waals surface area contributed by atoms with E-state index in [1.807, 2.05) is 55.4 Å². The molecular weight excluding hydrogens is 444 g/mol. The van der Waals surface area contributed by atoms with Gasteiger partial charge in [0.05, 0.1) is 0 Å². The molecule has 0 aliphatic heterocycles. The van der Waals surface area contributed by atoms with Crippen molar-refractivity contribution in [3.8, 4) is 12.3 Å². The van der Waals surface area contributed by atoms with Crippen LogP contribution in [0.3, 0.4) is 0 Å². The molecule has 0 heterocycles. The lowest BCUT2D eigenvalue weighted by Gasteiger charge is -2.43. The quantitative estimate of drug-likeness (QED) is 0.315. The summed E-state index contributed by atoms with van der Waals surface area (Å²) in [5, 5.41) is 0. The maximum atomic E-state index is 5.92. The van der Waals surface area contributed by atoms with Crippen molar-refractivity contribution in [1.82, 2.24) is 0 Å². The number of hydrogen-bond acceptors (Lipinski definition) is 0. The highest BCUT2D eigenvalue weighted by molar-refractivity contribution is 5.01. The summed E-state index contributed by atoms with van der Waals surface area (Å²) in [6.45, 7) is 37.3. The minimum Gasteiger partial charge on any atom is -0.120 e. The lowest BCUT2D eigenvalue weighted by atomic mass is 9.61. The molecule has 0 spiro atoms. The first-order valence-corrected chi connectivity index (χ1v) is 17.0. The minimum atomic E-state index is 0.444. The van der Waals surface area contributed by atoms with Crippen LogP contribution in [0, 0.1) is 65.1 Å². The van der Waals surface area contributed by atoms with E-state index in [1.54, 1.807) is 0 Å². The average molecular weight is 523 g/mol. The molecule has 0 N–H and O–H groups in total. The van der Waals surface area contributed by atoms with Crippen LogP contribution in [0.25, 0.3) is 0 Å². The maximum Gasteiger partial charge on any atom is 0.0233 e. The van der Waals surface area contributed by atoms with Crippen LogP contribution in [0.5, 0.6) is 0 Å². The van der Waals surface area contributed by atoms with Gasteiger partial charge < -0.3 is 0 Å². The SMILES string of the molecule is C#CC1CC(C)CCC1C1CCC([C@H](C)[C@@H](CC(C)(C)C)C(C)C)CC1.CC.CC.CC.CC.CCC. The molecule has 0 aromatic carbocycles. The molecular formula is C37H78. The van der Waals surface area contributed by atoms with Crippen molar-refractivity contribution in [2.45, 2.75) is 175 Å². The molecule has 0 saturated heterocycles. The topological polar surface area (TPSA) is 0 Å². The van der Waals surface area contributed by atoms with Gasteiger partial charge in [0, 0.05) is 5.92 Å². The maximum absolute atomic E-state index is 5.92. The van der Waals surface area contributed by atoms with E-state index in [0.717, 1.165) is 41.4 Å². The second-order valence-electron chi connectivity index (χ2n) is 12.3. The molecule has 0 bridgehead atoms. The number of terminal acetylenes is 1. The molecule has 2 fully saturated rings. The Morgan fingerprint density at radius 1 is 0.757 bits per heavy atom. The Balaban J connectivity index is -0.000000434. The van der Waals surface area contributed by atoms with Gasteiger partial charge in [-0.1, -0.05) is 131 Å². The molecule has 2 saturated carbocycles. The summed E-state index contributed by atoms with van der Waals surface area (Å²) in [6.07, 6.45) is 18.4. The highest BCUT2D eigenvalue weighted by atomic mass is 14.4. The number of hydrogen-bond donors (Lipinski definition) is 0. The zero-order chi connectivity index (χ0) is 30.2. The molecule has 0 amide bonds. The first-order valence-electron chi connectivity index (χ1n) is 17.0. The van der Waals surface area contributed by atoms with Crippen LogP contribution in [0.1, 0.15) is 175 Å². The van der Waals surface area contributed by atoms with Gasteiger partial charge in [-0.25, -0.2) is 0 Å². The molecule has 2 aliphatic carbocycles. The minimum absolute atomic E-state index is 0.444. The fraction of sp³-hybridized carbons (Fsp3) is 0.946. The summed E-state index contributed by atoms with van der Waals surface area (Å²) in [7, 11) is 0. The van der Waals surface area contributed by atoms with Crippen LogP contribution in [0.4, 0.5) is 0 Å². The zero-order valence-electron chi connectivity index (χ0n) is 29.6. The highest BCUT2D eigenvalue weighted by Gasteiger charge is 2.38. The van der Waals surface area contributed by atoms with Gasteiger partial charge in [0.25, 0.3) is 0 Å². The largest absolute Gasteiger partial charge is 0.120 e. The van der Waals surface area contributed by atoms with Gasteiger partial charge in [0.1, 0.15) is 0 Å². The van der Waals surface area contributed by atoms with Gasteiger partial charge in [-0.2, -0.15) is 0 Å². The first kappa shape index (κ1) is 43.6. The molecule has 37 heavy (non-hydrogen) atoms. The fourth-order valence-corrected chi connectivity index (χ4v) is 6.34. The molecule has 0 nitrogen and oxygen atoms in total. The van der Waals surface area contributed by atoms with Gasteiger partial charge in [-0.3, -0.25) is 0 Å². The molecule has 0 aromatic heterocycles. The van der Waals surface area contributed by atoms with Crippen LogP contribution in [-0.4, -0.2) is 0 Å². The zero-order valence-corrected chi connectivity index (χ0v) is 29.6. The molecule has 2 rings (SSSR count). The third kappa shape index (κ3) is 19.3. The van der Waals surface area contributed by atoms with Crippen molar-refractivity contribution in [2.24, 2.45) is 52.8 Å². The van der Waals surface area contributed by atoms with E-state index >= 15 is 0 Å². The third-order valence-corrected chi connectivity index (χ3v) is 7.93. The van der Waals surface area contributed by atoms with Gasteiger partial charge in [0.2, 0.25) is 0 Å². The molecule has 3 unspecified atom stereocenters. The average Bonchev–Trinajstić information content (AvgIpc) is 2.91. The fourth-order valence-electron chi connectivity index (χ4n) is 6.34. The van der Waals surface area contributed by atoms with E-state index < -0.39 is 0 Å². The van der Waals surface area contributed by atoms with E-state index in [1.165, 1.54) is 57.8 Å². The van der Waals surface area contributed by atoms with E-state index in [-0.39, 0.29) is 0 Å². The lowest BCUT2D eigenvalue weighted by Crippen LogP contribution is -2.35. The van der Waals surface area contributed by atoms with Crippen LogP contribution >= 0.6 is 0 Å². The van der Waals surface area contributed by atoms with E-state index in [2.05, 4.69) is 68.2 Å². The summed E-state index contributed by atoms with van der Waals surface area (Å²) in [6, 6.07) is 0. The summed E-state index contributed by atoms with van der Waals surface area (Å²) >= 11 is 0. The standard InChI is InChI=1S/C26H46.C3H8.4C2H6/c1-9-21-16-19(4)10-15-24(21)23-13-11-22(12-14-23)20(5)25(18(2)3)17-26(6,7)8;1-3-2;4*1-2/h1,18-25H,10-17H2,2-8H3;3H2,1-2H3;4*1-2H3/t19?,20-,21?,22?,23?,24?,25-;;;;;/m0...../s1. The van der Waals surface area contributed by atoms with Crippen LogP contribution in [0.2, 0.25) is 0 Å². The predicted octanol–water partition coefficient (Wildman–Crippen LogP) is 13.3. The molecule has 0 aromatic rings. The first-order chi connectivity index (χ1) is 17.5. The Hall–Kier alpha value is -0.440. The highest BCUT2D eigenvalue weighted by Crippen LogP contribution is 2.47. The Morgan fingerprint density at radius 3 is 1.54 bits per heavy atom. The third-order valence-electron chi connectivity index (χ3n) is 7.93. The normalized spacial score (nSPS) is 26.2. The van der Waals surface area contributed by atoms with Gasteiger partial charge in [-0.15, -0.1) is 12.3 Å². The molecule has 0 radical (unpaired) electrons. The smallest absolute Gasteiger partial charge is 0.0233 e. The van der Waals surface area contributed by atoms with Gasteiger partial charge in [0.15, 0.2) is 0 Å².